The number of imide groups is 2. The second-order valence-electron chi connectivity index (χ2n) is 10.3. The molecule has 0 spiro atoms. The molecule has 12 heteroatoms. The molecule has 204 valence electrons. The van der Waals surface area contributed by atoms with Crippen LogP contribution in [0.25, 0.3) is 0 Å². The fourth-order valence-corrected chi connectivity index (χ4v) is 8.88. The molecule has 1 N–H and O–H groups in total. The average molecular weight is 654 g/mol. The fraction of sp³-hybridized carbons (Fsp3) is 0.407. The van der Waals surface area contributed by atoms with Crippen LogP contribution in [0.3, 0.4) is 0 Å². The Kier molecular flexibility index (Phi) is 6.41. The van der Waals surface area contributed by atoms with E-state index in [2.05, 4.69) is 15.9 Å². The van der Waals surface area contributed by atoms with E-state index in [0.29, 0.717) is 11.3 Å². The van der Waals surface area contributed by atoms with Crippen LogP contribution in [-0.4, -0.2) is 60.8 Å². The molecular formula is C27H23BrCl2N2O6S. The lowest BCUT2D eigenvalue weighted by Crippen LogP contribution is -2.60. The summed E-state index contributed by atoms with van der Waals surface area (Å²) >= 11 is 19.0. The number of phenols is 1. The van der Waals surface area contributed by atoms with E-state index < -0.39 is 45.2 Å². The average Bonchev–Trinajstić information content (AvgIpc) is 3.56. The van der Waals surface area contributed by atoms with Crippen molar-refractivity contribution in [3.8, 4) is 11.5 Å². The predicted octanol–water partition coefficient (Wildman–Crippen LogP) is 4.37. The first-order valence-electron chi connectivity index (χ1n) is 12.3. The number of rotatable bonds is 5. The standard InChI is InChI=1S/C27H23BrCl2N2O6S/c1-38-13-4-5-16(19(33)9-13)21-15-6-7-17-20(23(35)31(22(17)34)11-14-3-2-8-39-14)18(15)10-26(29)24(36)32(12-28)25(37)27(21,26)30/h2-6,8-9,17-18,20-21,33H,7,10-12H2,1H3. The lowest BCUT2D eigenvalue weighted by Gasteiger charge is -2.50. The number of aromatic hydroxyl groups is 1. The van der Waals surface area contributed by atoms with E-state index >= 15 is 0 Å². The van der Waals surface area contributed by atoms with Crippen LogP contribution in [0.5, 0.6) is 11.5 Å². The Labute approximate surface area is 246 Å². The lowest BCUT2D eigenvalue weighted by molar-refractivity contribution is -0.141. The van der Waals surface area contributed by atoms with Crippen molar-refractivity contribution in [3.05, 3.63) is 57.8 Å². The van der Waals surface area contributed by atoms with Crippen molar-refractivity contribution in [2.45, 2.75) is 35.1 Å². The second kappa shape index (κ2) is 9.33. The Hall–Kier alpha value is -2.40. The van der Waals surface area contributed by atoms with Crippen LogP contribution in [0, 0.1) is 17.8 Å². The number of methoxy groups -OCH3 is 1. The molecule has 3 heterocycles. The molecule has 3 fully saturated rings. The summed E-state index contributed by atoms with van der Waals surface area (Å²) in [7, 11) is 1.46. The number of thiophene rings is 1. The number of hydrogen-bond acceptors (Lipinski definition) is 7. The molecule has 8 nitrogen and oxygen atoms in total. The fourth-order valence-electron chi connectivity index (χ4n) is 6.77. The van der Waals surface area contributed by atoms with Crippen LogP contribution in [0.1, 0.15) is 29.2 Å². The molecule has 1 saturated carbocycles. The van der Waals surface area contributed by atoms with Crippen LogP contribution in [0.2, 0.25) is 0 Å². The summed E-state index contributed by atoms with van der Waals surface area (Å²) in [5.41, 5.74) is 0.797. The summed E-state index contributed by atoms with van der Waals surface area (Å²) in [6.07, 6.45) is 2.01. The van der Waals surface area contributed by atoms with Gasteiger partial charge in [0.05, 0.1) is 30.9 Å². The Bertz CT molecular complexity index is 1450. The summed E-state index contributed by atoms with van der Waals surface area (Å²) in [5, 5.41) is 13.0. The van der Waals surface area contributed by atoms with Crippen LogP contribution < -0.4 is 4.74 Å². The van der Waals surface area contributed by atoms with E-state index in [1.54, 1.807) is 12.1 Å². The number of carbonyl (C=O) groups is 4. The third-order valence-corrected chi connectivity index (χ3v) is 11.3. The van der Waals surface area contributed by atoms with Crippen molar-refractivity contribution in [3.63, 3.8) is 0 Å². The minimum absolute atomic E-state index is 0.0988. The minimum atomic E-state index is -1.97. The normalized spacial score (nSPS) is 33.7. The van der Waals surface area contributed by atoms with Gasteiger partial charge >= 0.3 is 0 Å². The summed E-state index contributed by atoms with van der Waals surface area (Å²) < 4.78 is 5.23. The number of amides is 4. The molecular weight excluding hydrogens is 631 g/mol. The number of likely N-dealkylation sites (tertiary alicyclic amines) is 2. The van der Waals surface area contributed by atoms with Gasteiger partial charge in [0.15, 0.2) is 9.75 Å². The van der Waals surface area contributed by atoms with Gasteiger partial charge in [-0.2, -0.15) is 0 Å². The van der Waals surface area contributed by atoms with Crippen LogP contribution in [0.4, 0.5) is 0 Å². The highest BCUT2D eigenvalue weighted by Gasteiger charge is 2.76. The third kappa shape index (κ3) is 3.54. The monoisotopic (exact) mass is 652 g/mol. The zero-order valence-corrected chi connectivity index (χ0v) is 24.5. The van der Waals surface area contributed by atoms with Crippen LogP contribution in [0.15, 0.2) is 47.4 Å². The van der Waals surface area contributed by atoms with Gasteiger partial charge in [0, 0.05) is 22.4 Å². The van der Waals surface area contributed by atoms with Crippen molar-refractivity contribution >= 4 is 74.1 Å². The predicted molar refractivity (Wildman–Crippen MR) is 148 cm³/mol. The molecule has 39 heavy (non-hydrogen) atoms. The number of fused-ring (bicyclic) bond motifs is 4. The lowest BCUT2D eigenvalue weighted by atomic mass is 9.56. The highest BCUT2D eigenvalue weighted by molar-refractivity contribution is 9.09. The van der Waals surface area contributed by atoms with E-state index in [4.69, 9.17) is 27.9 Å². The van der Waals surface area contributed by atoms with Crippen molar-refractivity contribution < 1.29 is 29.0 Å². The number of allylic oxidation sites excluding steroid dienone is 2. The maximum absolute atomic E-state index is 13.8. The molecule has 2 aliphatic carbocycles. The largest absolute Gasteiger partial charge is 0.508 e. The van der Waals surface area contributed by atoms with E-state index in [0.717, 1.165) is 9.78 Å². The molecule has 6 atom stereocenters. The zero-order chi connectivity index (χ0) is 27.9. The summed E-state index contributed by atoms with van der Waals surface area (Å²) in [4.78, 5) is 54.0. The number of alkyl halides is 3. The van der Waals surface area contributed by atoms with Gasteiger partial charge in [-0.3, -0.25) is 29.0 Å². The van der Waals surface area contributed by atoms with E-state index in [1.807, 2.05) is 23.6 Å². The van der Waals surface area contributed by atoms with Gasteiger partial charge in [-0.1, -0.05) is 39.7 Å². The third-order valence-electron chi connectivity index (χ3n) is 8.55. The van der Waals surface area contributed by atoms with Gasteiger partial charge in [-0.05, 0) is 36.3 Å². The number of phenolic OH excluding ortho intramolecular Hbond substituents is 1. The van der Waals surface area contributed by atoms with Crippen molar-refractivity contribution in [2.24, 2.45) is 17.8 Å². The number of benzene rings is 1. The molecule has 2 aromatic rings. The molecule has 6 unspecified atom stereocenters. The smallest absolute Gasteiger partial charge is 0.254 e. The van der Waals surface area contributed by atoms with Gasteiger partial charge in [-0.15, -0.1) is 34.5 Å². The summed E-state index contributed by atoms with van der Waals surface area (Å²) in [5.74, 6) is -4.80. The van der Waals surface area contributed by atoms with Crippen LogP contribution >= 0.6 is 50.5 Å². The molecule has 4 aliphatic rings. The van der Waals surface area contributed by atoms with E-state index in [9.17, 15) is 24.3 Å². The van der Waals surface area contributed by atoms with Crippen molar-refractivity contribution in [1.82, 2.24) is 9.80 Å². The Morgan fingerprint density at radius 1 is 1.10 bits per heavy atom. The highest BCUT2D eigenvalue weighted by Crippen LogP contribution is 2.66. The molecule has 2 aliphatic heterocycles. The molecule has 0 bridgehead atoms. The van der Waals surface area contributed by atoms with Crippen LogP contribution in [-0.2, 0) is 25.7 Å². The molecule has 6 rings (SSSR count). The molecule has 4 amide bonds. The highest BCUT2D eigenvalue weighted by atomic mass is 79.9. The number of hydrogen-bond donors (Lipinski definition) is 1. The Morgan fingerprint density at radius 3 is 2.51 bits per heavy atom. The first-order valence-corrected chi connectivity index (χ1v) is 15.1. The number of carbonyl (C=O) groups excluding carboxylic acids is 4. The van der Waals surface area contributed by atoms with Crippen molar-refractivity contribution in [1.29, 1.82) is 0 Å². The molecule has 2 saturated heterocycles. The van der Waals surface area contributed by atoms with E-state index in [-0.39, 0.29) is 48.0 Å². The Morgan fingerprint density at radius 2 is 1.87 bits per heavy atom. The van der Waals surface area contributed by atoms with Gasteiger partial charge in [0.25, 0.3) is 11.8 Å². The zero-order valence-electron chi connectivity index (χ0n) is 20.6. The summed E-state index contributed by atoms with van der Waals surface area (Å²) in [6.45, 7) is 0.174. The van der Waals surface area contributed by atoms with Gasteiger partial charge in [0.2, 0.25) is 11.8 Å². The number of ether oxygens (including phenoxy) is 1. The Balaban J connectivity index is 1.50. The number of halogens is 3. The van der Waals surface area contributed by atoms with E-state index in [1.165, 1.54) is 29.4 Å². The first-order chi connectivity index (χ1) is 18.6. The first kappa shape index (κ1) is 26.8. The molecule has 0 radical (unpaired) electrons. The van der Waals surface area contributed by atoms with Gasteiger partial charge in [-0.25, -0.2) is 0 Å². The SMILES string of the molecule is COc1ccc(C2C3=CCC4C(=O)N(Cc5cccs5)C(=O)C4C3CC3(Cl)C(=O)N(CBr)C(=O)C23Cl)c(O)c1. The number of nitrogens with zero attached hydrogens (tertiary/aromatic N) is 2. The van der Waals surface area contributed by atoms with Gasteiger partial charge in [0.1, 0.15) is 11.5 Å². The molecule has 1 aromatic heterocycles. The van der Waals surface area contributed by atoms with Crippen molar-refractivity contribution in [2.75, 3.05) is 12.6 Å². The maximum Gasteiger partial charge on any atom is 0.254 e. The topological polar surface area (TPSA) is 104 Å². The minimum Gasteiger partial charge on any atom is -0.508 e. The second-order valence-corrected chi connectivity index (χ2v) is 13.0. The molecule has 1 aromatic carbocycles. The maximum atomic E-state index is 13.8. The quantitative estimate of drug-likeness (QED) is 0.222. The van der Waals surface area contributed by atoms with Gasteiger partial charge < -0.3 is 9.84 Å². The summed E-state index contributed by atoms with van der Waals surface area (Å²) in [6, 6.07) is 8.35.